The van der Waals surface area contributed by atoms with Crippen molar-refractivity contribution in [2.75, 3.05) is 0 Å². The standard InChI is InChI=1S/C36H26N2O/c37-22-24-16-19-33(38-23-24)30-18-17-29(26-12-6-2-7-13-26)36-34(30)32-21-28(25-10-4-1-5-11-25)20-31(35(32)39-36)27-14-8-3-9-15-27/h1-21,23H,22,37H2. The molecule has 2 N–H and O–H groups in total. The number of rotatable bonds is 5. The minimum atomic E-state index is 0.463. The van der Waals surface area contributed by atoms with E-state index in [4.69, 9.17) is 15.1 Å². The van der Waals surface area contributed by atoms with Crippen LogP contribution in [0.25, 0.3) is 66.6 Å². The predicted octanol–water partition coefficient (Wildman–Crippen LogP) is 9.11. The molecule has 0 saturated heterocycles. The summed E-state index contributed by atoms with van der Waals surface area (Å²) in [6.07, 6.45) is 1.86. The van der Waals surface area contributed by atoms with Crippen LogP contribution in [0.2, 0.25) is 0 Å². The molecule has 0 aliphatic rings. The molecule has 39 heavy (non-hydrogen) atoms. The van der Waals surface area contributed by atoms with Gasteiger partial charge in [-0.15, -0.1) is 0 Å². The Morgan fingerprint density at radius 2 is 1.15 bits per heavy atom. The monoisotopic (exact) mass is 502 g/mol. The van der Waals surface area contributed by atoms with Crippen LogP contribution in [-0.2, 0) is 6.54 Å². The third kappa shape index (κ3) is 4.10. The molecule has 5 aromatic carbocycles. The fraction of sp³-hybridized carbons (Fsp3) is 0.0278. The summed E-state index contributed by atoms with van der Waals surface area (Å²) in [7, 11) is 0. The van der Waals surface area contributed by atoms with Gasteiger partial charge in [0.2, 0.25) is 0 Å². The van der Waals surface area contributed by atoms with Crippen molar-refractivity contribution < 1.29 is 4.42 Å². The van der Waals surface area contributed by atoms with Crippen LogP contribution in [0.3, 0.4) is 0 Å². The summed E-state index contributed by atoms with van der Waals surface area (Å²) in [4.78, 5) is 4.80. The van der Waals surface area contributed by atoms with Crippen molar-refractivity contribution in [1.29, 1.82) is 0 Å². The van der Waals surface area contributed by atoms with Gasteiger partial charge in [-0.25, -0.2) is 0 Å². The van der Waals surface area contributed by atoms with E-state index in [9.17, 15) is 0 Å². The number of hydrogen-bond acceptors (Lipinski definition) is 3. The minimum absolute atomic E-state index is 0.463. The molecular formula is C36H26N2O. The first kappa shape index (κ1) is 23.2. The molecule has 0 aliphatic heterocycles. The molecule has 7 rings (SSSR count). The van der Waals surface area contributed by atoms with Gasteiger partial charge in [0.15, 0.2) is 0 Å². The molecule has 3 heteroatoms. The molecule has 186 valence electrons. The van der Waals surface area contributed by atoms with Crippen molar-refractivity contribution in [3.63, 3.8) is 0 Å². The molecule has 0 aliphatic carbocycles. The molecule has 3 nitrogen and oxygen atoms in total. The van der Waals surface area contributed by atoms with Crippen LogP contribution in [0, 0.1) is 0 Å². The van der Waals surface area contributed by atoms with E-state index in [1.54, 1.807) is 0 Å². The van der Waals surface area contributed by atoms with Gasteiger partial charge in [-0.3, -0.25) is 4.98 Å². The maximum atomic E-state index is 6.87. The van der Waals surface area contributed by atoms with Crippen LogP contribution >= 0.6 is 0 Å². The zero-order valence-corrected chi connectivity index (χ0v) is 21.3. The molecule has 0 amide bonds. The van der Waals surface area contributed by atoms with Gasteiger partial charge in [-0.2, -0.15) is 0 Å². The second kappa shape index (κ2) is 9.71. The minimum Gasteiger partial charge on any atom is -0.455 e. The van der Waals surface area contributed by atoms with E-state index < -0.39 is 0 Å². The number of nitrogens with zero attached hydrogens (tertiary/aromatic N) is 1. The number of nitrogens with two attached hydrogens (primary N) is 1. The fourth-order valence-electron chi connectivity index (χ4n) is 5.38. The summed E-state index contributed by atoms with van der Waals surface area (Å²) >= 11 is 0. The molecule has 0 radical (unpaired) electrons. The average Bonchev–Trinajstić information content (AvgIpc) is 3.41. The highest BCUT2D eigenvalue weighted by molar-refractivity contribution is 6.19. The van der Waals surface area contributed by atoms with Crippen LogP contribution in [0.1, 0.15) is 5.56 Å². The summed E-state index contributed by atoms with van der Waals surface area (Å²) < 4.78 is 6.87. The number of benzene rings is 5. The highest BCUT2D eigenvalue weighted by Crippen LogP contribution is 2.45. The Hall–Kier alpha value is -4.99. The first-order valence-electron chi connectivity index (χ1n) is 13.1. The second-order valence-electron chi connectivity index (χ2n) is 9.72. The van der Waals surface area contributed by atoms with Gasteiger partial charge in [-0.05, 0) is 52.1 Å². The lowest BCUT2D eigenvalue weighted by molar-refractivity contribution is 0.671. The van der Waals surface area contributed by atoms with Gasteiger partial charge in [0.25, 0.3) is 0 Å². The van der Waals surface area contributed by atoms with Crippen molar-refractivity contribution in [3.05, 3.63) is 139 Å². The Kier molecular flexibility index (Phi) is 5.77. The zero-order chi connectivity index (χ0) is 26.2. The Labute approximate surface area is 227 Å². The highest BCUT2D eigenvalue weighted by Gasteiger charge is 2.21. The lowest BCUT2D eigenvalue weighted by atomic mass is 9.93. The lowest BCUT2D eigenvalue weighted by Crippen LogP contribution is -1.97. The van der Waals surface area contributed by atoms with Crippen LogP contribution < -0.4 is 5.73 Å². The molecule has 0 bridgehead atoms. The summed E-state index contributed by atoms with van der Waals surface area (Å²) in [5.74, 6) is 0. The van der Waals surface area contributed by atoms with Gasteiger partial charge < -0.3 is 10.2 Å². The summed E-state index contributed by atoms with van der Waals surface area (Å²) in [6.45, 7) is 0.463. The first-order valence-corrected chi connectivity index (χ1v) is 13.1. The number of fused-ring (bicyclic) bond motifs is 3. The van der Waals surface area contributed by atoms with E-state index in [2.05, 4.69) is 103 Å². The maximum absolute atomic E-state index is 6.87. The van der Waals surface area contributed by atoms with Gasteiger partial charge in [0.1, 0.15) is 11.2 Å². The van der Waals surface area contributed by atoms with Crippen molar-refractivity contribution in [2.45, 2.75) is 6.54 Å². The van der Waals surface area contributed by atoms with Crippen molar-refractivity contribution >= 4 is 21.9 Å². The van der Waals surface area contributed by atoms with Crippen LogP contribution in [0.5, 0.6) is 0 Å². The van der Waals surface area contributed by atoms with E-state index >= 15 is 0 Å². The van der Waals surface area contributed by atoms with Crippen LogP contribution in [-0.4, -0.2) is 4.98 Å². The van der Waals surface area contributed by atoms with E-state index in [-0.39, 0.29) is 0 Å². The second-order valence-corrected chi connectivity index (χ2v) is 9.72. The average molecular weight is 503 g/mol. The lowest BCUT2D eigenvalue weighted by Gasteiger charge is -2.09. The maximum Gasteiger partial charge on any atom is 0.143 e. The molecule has 0 atom stereocenters. The fourth-order valence-corrected chi connectivity index (χ4v) is 5.38. The quantitative estimate of drug-likeness (QED) is 0.255. The van der Waals surface area contributed by atoms with Crippen molar-refractivity contribution in [1.82, 2.24) is 4.98 Å². The molecule has 0 saturated carbocycles. The zero-order valence-electron chi connectivity index (χ0n) is 21.3. The first-order chi connectivity index (χ1) is 19.3. The Morgan fingerprint density at radius 3 is 1.77 bits per heavy atom. The van der Waals surface area contributed by atoms with Gasteiger partial charge in [0.05, 0.1) is 5.69 Å². The van der Waals surface area contributed by atoms with E-state index in [0.29, 0.717) is 6.54 Å². The van der Waals surface area contributed by atoms with Gasteiger partial charge in [0, 0.05) is 40.2 Å². The molecule has 2 heterocycles. The summed E-state index contributed by atoms with van der Waals surface area (Å²) in [5.41, 5.74) is 17.2. The molecule has 0 spiro atoms. The van der Waals surface area contributed by atoms with Crippen molar-refractivity contribution in [3.8, 4) is 44.6 Å². The SMILES string of the molecule is NCc1ccc(-c2ccc(-c3ccccc3)c3oc4c(-c5ccccc5)cc(-c5ccccc5)cc4c23)nc1. The number of pyridine rings is 1. The third-order valence-electron chi connectivity index (χ3n) is 7.33. The van der Waals surface area contributed by atoms with Crippen molar-refractivity contribution in [2.24, 2.45) is 5.73 Å². The molecule has 7 aromatic rings. The predicted molar refractivity (Wildman–Crippen MR) is 161 cm³/mol. The third-order valence-corrected chi connectivity index (χ3v) is 7.33. The van der Waals surface area contributed by atoms with E-state index in [0.717, 1.165) is 72.1 Å². The van der Waals surface area contributed by atoms with Crippen LogP contribution in [0.4, 0.5) is 0 Å². The molecule has 0 unspecified atom stereocenters. The summed E-state index contributed by atoms with van der Waals surface area (Å²) in [5, 5.41) is 2.14. The van der Waals surface area contributed by atoms with Crippen LogP contribution in [0.15, 0.2) is 138 Å². The largest absolute Gasteiger partial charge is 0.455 e. The Balaban J connectivity index is 1.62. The number of aromatic nitrogens is 1. The number of furan rings is 1. The normalized spacial score (nSPS) is 11.3. The highest BCUT2D eigenvalue weighted by atomic mass is 16.3. The summed E-state index contributed by atoms with van der Waals surface area (Å²) in [6, 6.07) is 44.3. The Bertz CT molecular complexity index is 1910. The molecule has 0 fully saturated rings. The molecule has 2 aromatic heterocycles. The number of hydrogen-bond donors (Lipinski definition) is 1. The van der Waals surface area contributed by atoms with Gasteiger partial charge in [-0.1, -0.05) is 103 Å². The topological polar surface area (TPSA) is 52.0 Å². The smallest absolute Gasteiger partial charge is 0.143 e. The molecular weight excluding hydrogens is 476 g/mol. The van der Waals surface area contributed by atoms with E-state index in [1.807, 2.05) is 30.5 Å². The van der Waals surface area contributed by atoms with E-state index in [1.165, 1.54) is 0 Å². The Morgan fingerprint density at radius 1 is 0.538 bits per heavy atom. The van der Waals surface area contributed by atoms with Gasteiger partial charge >= 0.3 is 0 Å².